The first-order valence-electron chi connectivity index (χ1n) is 8.02. The van der Waals surface area contributed by atoms with Crippen LogP contribution in [0.3, 0.4) is 0 Å². The van der Waals surface area contributed by atoms with Gasteiger partial charge in [-0.3, -0.25) is 4.98 Å². The standard InChI is InChI=1S/C18H17N5OS/c1-24-15-7-5-14(6-8-15)16-12-25-18-21-20-17(23(18)22-16)9-4-13-3-2-10-19-11-13/h2-3,5-8,10-11H,4,9,12H2,1H3. The van der Waals surface area contributed by atoms with E-state index in [-0.39, 0.29) is 0 Å². The molecular weight excluding hydrogens is 334 g/mol. The van der Waals surface area contributed by atoms with E-state index in [0.29, 0.717) is 0 Å². The van der Waals surface area contributed by atoms with E-state index in [2.05, 4.69) is 21.2 Å². The second-order valence-corrected chi connectivity index (χ2v) is 6.58. The zero-order chi connectivity index (χ0) is 17.1. The highest BCUT2D eigenvalue weighted by atomic mass is 32.2. The fraction of sp³-hybridized carbons (Fsp3) is 0.222. The Labute approximate surface area is 150 Å². The van der Waals surface area contributed by atoms with Crippen molar-refractivity contribution in [1.29, 1.82) is 0 Å². The molecule has 0 N–H and O–H groups in total. The fourth-order valence-corrected chi connectivity index (χ4v) is 3.51. The molecule has 1 aromatic carbocycles. The Hall–Kier alpha value is -2.67. The molecule has 1 aliphatic heterocycles. The quantitative estimate of drug-likeness (QED) is 0.707. The van der Waals surface area contributed by atoms with Gasteiger partial charge >= 0.3 is 0 Å². The van der Waals surface area contributed by atoms with Gasteiger partial charge in [0.15, 0.2) is 5.82 Å². The van der Waals surface area contributed by atoms with E-state index in [1.807, 2.05) is 41.2 Å². The maximum Gasteiger partial charge on any atom is 0.212 e. The molecule has 0 bridgehead atoms. The van der Waals surface area contributed by atoms with E-state index in [4.69, 9.17) is 9.84 Å². The van der Waals surface area contributed by atoms with Crippen LogP contribution < -0.4 is 4.74 Å². The van der Waals surface area contributed by atoms with Crippen LogP contribution in [-0.4, -0.2) is 38.4 Å². The van der Waals surface area contributed by atoms with Crippen LogP contribution in [0.1, 0.15) is 17.0 Å². The topological polar surface area (TPSA) is 65.2 Å². The van der Waals surface area contributed by atoms with Gasteiger partial charge in [-0.15, -0.1) is 10.2 Å². The predicted octanol–water partition coefficient (Wildman–Crippen LogP) is 2.83. The number of hydrogen-bond donors (Lipinski definition) is 0. The van der Waals surface area contributed by atoms with Gasteiger partial charge in [0.05, 0.1) is 12.8 Å². The van der Waals surface area contributed by atoms with Crippen LogP contribution in [0.2, 0.25) is 0 Å². The van der Waals surface area contributed by atoms with Crippen LogP contribution in [0.4, 0.5) is 0 Å². The van der Waals surface area contributed by atoms with Crippen molar-refractivity contribution in [2.24, 2.45) is 5.10 Å². The number of aromatic nitrogens is 4. The summed E-state index contributed by atoms with van der Waals surface area (Å²) in [7, 11) is 1.67. The number of pyridine rings is 1. The minimum atomic E-state index is 0.776. The molecule has 0 fully saturated rings. The number of benzene rings is 1. The van der Waals surface area contributed by atoms with Gasteiger partial charge in [0.2, 0.25) is 5.16 Å². The maximum atomic E-state index is 5.22. The molecule has 4 rings (SSSR count). The molecule has 0 saturated heterocycles. The Morgan fingerprint density at radius 3 is 2.76 bits per heavy atom. The third-order valence-corrected chi connectivity index (χ3v) is 4.95. The highest BCUT2D eigenvalue weighted by Gasteiger charge is 2.19. The molecular formula is C18H17N5OS. The molecule has 1 aliphatic rings. The van der Waals surface area contributed by atoms with Crippen molar-refractivity contribution >= 4 is 17.5 Å². The molecule has 126 valence electrons. The largest absolute Gasteiger partial charge is 0.497 e. The molecule has 0 spiro atoms. The summed E-state index contributed by atoms with van der Waals surface area (Å²) in [6.07, 6.45) is 5.31. The fourth-order valence-electron chi connectivity index (χ4n) is 2.65. The monoisotopic (exact) mass is 351 g/mol. The van der Waals surface area contributed by atoms with Gasteiger partial charge in [0.1, 0.15) is 5.75 Å². The summed E-state index contributed by atoms with van der Waals surface area (Å²) < 4.78 is 7.08. The molecule has 3 heterocycles. The van der Waals surface area contributed by atoms with Crippen LogP contribution in [0.15, 0.2) is 59.0 Å². The molecule has 7 heteroatoms. The zero-order valence-electron chi connectivity index (χ0n) is 13.8. The molecule has 0 saturated carbocycles. The van der Waals surface area contributed by atoms with E-state index < -0.39 is 0 Å². The van der Waals surface area contributed by atoms with E-state index in [0.717, 1.165) is 46.6 Å². The number of fused-ring (bicyclic) bond motifs is 1. The lowest BCUT2D eigenvalue weighted by molar-refractivity contribution is 0.415. The number of nitrogens with zero attached hydrogens (tertiary/aromatic N) is 5. The smallest absolute Gasteiger partial charge is 0.212 e. The molecule has 3 aromatic rings. The van der Waals surface area contributed by atoms with Gasteiger partial charge in [0, 0.05) is 24.6 Å². The lowest BCUT2D eigenvalue weighted by atomic mass is 10.1. The average molecular weight is 351 g/mol. The summed E-state index contributed by atoms with van der Waals surface area (Å²) in [5.41, 5.74) is 3.29. The zero-order valence-corrected chi connectivity index (χ0v) is 14.6. The van der Waals surface area contributed by atoms with E-state index >= 15 is 0 Å². The first-order valence-corrected chi connectivity index (χ1v) is 9.00. The van der Waals surface area contributed by atoms with Crippen LogP contribution in [0.5, 0.6) is 5.75 Å². The predicted molar refractivity (Wildman–Crippen MR) is 97.3 cm³/mol. The number of methoxy groups -OCH3 is 1. The molecule has 0 unspecified atom stereocenters. The van der Waals surface area contributed by atoms with Gasteiger partial charge in [-0.05, 0) is 47.9 Å². The number of aryl methyl sites for hydroxylation is 2. The van der Waals surface area contributed by atoms with E-state index in [1.165, 1.54) is 5.56 Å². The van der Waals surface area contributed by atoms with Crippen molar-refractivity contribution in [1.82, 2.24) is 19.9 Å². The summed E-state index contributed by atoms with van der Waals surface area (Å²) in [6, 6.07) is 12.0. The summed E-state index contributed by atoms with van der Waals surface area (Å²) in [5.74, 6) is 2.50. The molecule has 2 aromatic heterocycles. The van der Waals surface area contributed by atoms with Crippen molar-refractivity contribution in [3.8, 4) is 5.75 Å². The Balaban J connectivity index is 1.56. The molecule has 0 atom stereocenters. The highest BCUT2D eigenvalue weighted by molar-refractivity contribution is 7.99. The molecule has 6 nitrogen and oxygen atoms in total. The van der Waals surface area contributed by atoms with Gasteiger partial charge < -0.3 is 4.74 Å². The third kappa shape index (κ3) is 3.41. The van der Waals surface area contributed by atoms with Crippen LogP contribution >= 0.6 is 11.8 Å². The van der Waals surface area contributed by atoms with Crippen molar-refractivity contribution in [3.05, 3.63) is 65.7 Å². The Kier molecular flexibility index (Phi) is 4.47. The summed E-state index contributed by atoms with van der Waals surface area (Å²) >= 11 is 1.66. The Morgan fingerprint density at radius 2 is 2.00 bits per heavy atom. The Morgan fingerprint density at radius 1 is 1.12 bits per heavy atom. The lowest BCUT2D eigenvalue weighted by Gasteiger charge is -2.14. The van der Waals surface area contributed by atoms with Crippen molar-refractivity contribution in [2.75, 3.05) is 12.9 Å². The normalized spacial score (nSPS) is 13.2. The van der Waals surface area contributed by atoms with Crippen molar-refractivity contribution in [2.45, 2.75) is 18.0 Å². The first-order chi connectivity index (χ1) is 12.3. The van der Waals surface area contributed by atoms with Crippen molar-refractivity contribution in [3.63, 3.8) is 0 Å². The molecule has 25 heavy (non-hydrogen) atoms. The van der Waals surface area contributed by atoms with E-state index in [9.17, 15) is 0 Å². The minimum absolute atomic E-state index is 0.776. The molecule has 0 radical (unpaired) electrons. The molecule has 0 amide bonds. The van der Waals surface area contributed by atoms with Gasteiger partial charge in [-0.2, -0.15) is 9.78 Å². The van der Waals surface area contributed by atoms with Gasteiger partial charge in [-0.1, -0.05) is 17.8 Å². The van der Waals surface area contributed by atoms with Gasteiger partial charge in [0.25, 0.3) is 0 Å². The highest BCUT2D eigenvalue weighted by Crippen LogP contribution is 2.25. The van der Waals surface area contributed by atoms with Gasteiger partial charge in [-0.25, -0.2) is 0 Å². The maximum absolute atomic E-state index is 5.22. The number of ether oxygens (including phenoxy) is 1. The van der Waals surface area contributed by atoms with E-state index in [1.54, 1.807) is 25.1 Å². The first kappa shape index (κ1) is 15.8. The lowest BCUT2D eigenvalue weighted by Crippen LogP contribution is -2.15. The second-order valence-electron chi connectivity index (χ2n) is 5.64. The summed E-state index contributed by atoms with van der Waals surface area (Å²) in [4.78, 5) is 4.15. The number of thioether (sulfide) groups is 1. The van der Waals surface area contributed by atoms with Crippen LogP contribution in [0.25, 0.3) is 0 Å². The second kappa shape index (κ2) is 7.06. The number of hydrogen-bond acceptors (Lipinski definition) is 6. The summed E-state index contributed by atoms with van der Waals surface area (Å²) in [6.45, 7) is 0. The SMILES string of the molecule is COc1ccc(C2=Nn3c(CCc4cccnc4)nnc3SC2)cc1. The third-order valence-electron chi connectivity index (χ3n) is 4.02. The minimum Gasteiger partial charge on any atom is -0.497 e. The van der Waals surface area contributed by atoms with Crippen LogP contribution in [0, 0.1) is 0 Å². The van der Waals surface area contributed by atoms with Crippen LogP contribution in [-0.2, 0) is 12.8 Å². The van der Waals surface area contributed by atoms with Crippen molar-refractivity contribution < 1.29 is 4.74 Å². The number of rotatable bonds is 5. The summed E-state index contributed by atoms with van der Waals surface area (Å²) in [5, 5.41) is 14.2. The average Bonchev–Trinajstić information content (AvgIpc) is 3.09. The molecule has 0 aliphatic carbocycles. The Bertz CT molecular complexity index is 890.